The Labute approximate surface area is 245 Å². The molecule has 214 valence electrons. The number of hydrogen-bond acceptors (Lipinski definition) is 7. The van der Waals surface area contributed by atoms with Crippen molar-refractivity contribution in [3.63, 3.8) is 0 Å². The number of ether oxygens (including phenoxy) is 3. The summed E-state index contributed by atoms with van der Waals surface area (Å²) >= 11 is 1.88. The van der Waals surface area contributed by atoms with E-state index >= 15 is 0 Å². The lowest BCUT2D eigenvalue weighted by molar-refractivity contribution is -0.136. The maximum Gasteiger partial charge on any atom is 0.268 e. The van der Waals surface area contributed by atoms with E-state index in [9.17, 15) is 4.79 Å². The van der Waals surface area contributed by atoms with Crippen LogP contribution in [0.5, 0.6) is 17.2 Å². The number of amides is 1. The number of carbonyl (C=O) groups excluding carboxylic acids is 1. The normalized spacial score (nSPS) is 14.5. The highest BCUT2D eigenvalue weighted by molar-refractivity contribution is 8.00. The highest BCUT2D eigenvalue weighted by Gasteiger charge is 2.39. The lowest BCUT2D eigenvalue weighted by Crippen LogP contribution is -2.46. The van der Waals surface area contributed by atoms with Gasteiger partial charge in [0, 0.05) is 33.8 Å². The number of fused-ring (bicyclic) bond motifs is 1. The van der Waals surface area contributed by atoms with E-state index in [0.717, 1.165) is 16.3 Å². The number of nitrogens with zero attached hydrogens (tertiary/aromatic N) is 1. The molecule has 0 aliphatic heterocycles. The molecule has 8 heteroatoms. The molecule has 0 spiro atoms. The number of nitrogens with two attached hydrogens (primary N) is 1. The molecule has 1 aromatic heterocycles. The zero-order chi connectivity index (χ0) is 29.0. The summed E-state index contributed by atoms with van der Waals surface area (Å²) < 4.78 is 18.5. The van der Waals surface area contributed by atoms with E-state index in [1.54, 1.807) is 13.1 Å². The van der Waals surface area contributed by atoms with E-state index in [1.807, 2.05) is 87.1 Å². The summed E-state index contributed by atoms with van der Waals surface area (Å²) in [5, 5.41) is 5.52. The maximum absolute atomic E-state index is 14.1. The van der Waals surface area contributed by atoms with Crippen LogP contribution in [0.3, 0.4) is 0 Å². The highest BCUT2D eigenvalue weighted by atomic mass is 32.2. The van der Waals surface area contributed by atoms with Crippen LogP contribution < -0.4 is 25.3 Å². The molecule has 1 aliphatic rings. The summed E-state index contributed by atoms with van der Waals surface area (Å²) in [5.74, 6) is 1.89. The molecule has 7 nitrogen and oxygen atoms in total. The second-order valence-corrected chi connectivity index (χ2v) is 11.9. The van der Waals surface area contributed by atoms with E-state index in [2.05, 4.69) is 22.4 Å². The predicted molar refractivity (Wildman–Crippen MR) is 165 cm³/mol. The third kappa shape index (κ3) is 6.70. The van der Waals surface area contributed by atoms with Gasteiger partial charge in [0.2, 0.25) is 5.60 Å². The molecule has 3 aromatic carbocycles. The number of hydrogen-bond donors (Lipinski definition) is 2. The molecular weight excluding hydrogens is 534 g/mol. The van der Waals surface area contributed by atoms with Crippen LogP contribution >= 0.6 is 11.8 Å². The number of pyridine rings is 1. The summed E-state index contributed by atoms with van der Waals surface area (Å²) in [5.41, 5.74) is 6.41. The Bertz CT molecular complexity index is 1540. The van der Waals surface area contributed by atoms with Crippen molar-refractivity contribution in [2.45, 2.75) is 68.9 Å². The number of benzene rings is 3. The van der Waals surface area contributed by atoms with Crippen LogP contribution in [0.2, 0.25) is 0 Å². The first-order chi connectivity index (χ1) is 19.8. The maximum atomic E-state index is 14.1. The second kappa shape index (κ2) is 12.3. The van der Waals surface area contributed by atoms with Crippen LogP contribution in [-0.2, 0) is 16.9 Å². The first kappa shape index (κ1) is 28.6. The Morgan fingerprint density at radius 3 is 2.66 bits per heavy atom. The average Bonchev–Trinajstić information content (AvgIpc) is 3.77. The SMILES string of the molecule is CCOc1cc(C(C)(Oc2ccc3c(N)nccc3c2)C(=O)NCc2ccccc2SC2CC2)ccc1OC(C)C. The molecule has 5 rings (SSSR count). The molecule has 1 amide bonds. The predicted octanol–water partition coefficient (Wildman–Crippen LogP) is 6.87. The van der Waals surface area contributed by atoms with E-state index < -0.39 is 5.60 Å². The minimum atomic E-state index is -1.38. The van der Waals surface area contributed by atoms with Crippen LogP contribution in [0.25, 0.3) is 10.8 Å². The van der Waals surface area contributed by atoms with Crippen LogP contribution in [0.4, 0.5) is 5.82 Å². The van der Waals surface area contributed by atoms with Crippen molar-refractivity contribution in [1.82, 2.24) is 10.3 Å². The van der Waals surface area contributed by atoms with Crippen molar-refractivity contribution in [3.8, 4) is 17.2 Å². The van der Waals surface area contributed by atoms with Crippen molar-refractivity contribution in [2.24, 2.45) is 0 Å². The molecule has 1 fully saturated rings. The van der Waals surface area contributed by atoms with Gasteiger partial charge in [0.25, 0.3) is 5.91 Å². The van der Waals surface area contributed by atoms with E-state index in [-0.39, 0.29) is 12.0 Å². The van der Waals surface area contributed by atoms with Crippen LogP contribution in [0, 0.1) is 0 Å². The Balaban J connectivity index is 1.49. The van der Waals surface area contributed by atoms with Crippen LogP contribution in [0.1, 0.15) is 51.7 Å². The standard InChI is InChI=1S/C33H37N3O4S/c1-5-38-29-19-24(10-15-28(29)39-21(2)3)33(4,40-25-11-14-27-22(18-25)16-17-35-31(27)34)32(37)36-20-23-8-6-7-9-30(23)41-26-12-13-26/h6-11,14-19,21,26H,5,12-13,20H2,1-4H3,(H2,34,35)(H,36,37). The summed E-state index contributed by atoms with van der Waals surface area (Å²) in [7, 11) is 0. The Morgan fingerprint density at radius 2 is 1.90 bits per heavy atom. The number of carbonyl (C=O) groups is 1. The largest absolute Gasteiger partial charge is 0.490 e. The smallest absolute Gasteiger partial charge is 0.268 e. The molecule has 0 radical (unpaired) electrons. The molecule has 41 heavy (non-hydrogen) atoms. The van der Waals surface area contributed by atoms with Gasteiger partial charge in [-0.25, -0.2) is 4.98 Å². The Morgan fingerprint density at radius 1 is 1.10 bits per heavy atom. The summed E-state index contributed by atoms with van der Waals surface area (Å²) in [6, 6.07) is 21.2. The molecule has 0 bridgehead atoms. The van der Waals surface area contributed by atoms with Gasteiger partial charge in [-0.05, 0) is 94.0 Å². The van der Waals surface area contributed by atoms with Gasteiger partial charge < -0.3 is 25.3 Å². The van der Waals surface area contributed by atoms with Crippen molar-refractivity contribution in [2.75, 3.05) is 12.3 Å². The number of rotatable bonds is 12. The first-order valence-electron chi connectivity index (χ1n) is 14.1. The average molecular weight is 572 g/mol. The third-order valence-corrected chi connectivity index (χ3v) is 8.37. The van der Waals surface area contributed by atoms with Gasteiger partial charge in [-0.1, -0.05) is 24.3 Å². The molecule has 1 saturated carbocycles. The zero-order valence-corrected chi connectivity index (χ0v) is 24.8. The number of nitrogens with one attached hydrogen (secondary N) is 1. The lowest BCUT2D eigenvalue weighted by atomic mass is 9.93. The van der Waals surface area contributed by atoms with Gasteiger partial charge in [0.15, 0.2) is 11.5 Å². The highest BCUT2D eigenvalue weighted by Crippen LogP contribution is 2.41. The minimum Gasteiger partial charge on any atom is -0.490 e. The monoisotopic (exact) mass is 571 g/mol. The third-order valence-electron chi connectivity index (χ3n) is 6.91. The Hall–Kier alpha value is -3.91. The van der Waals surface area contributed by atoms with Gasteiger partial charge in [-0.3, -0.25) is 4.79 Å². The van der Waals surface area contributed by atoms with Gasteiger partial charge in [-0.2, -0.15) is 0 Å². The number of nitrogen functional groups attached to an aromatic ring is 1. The summed E-state index contributed by atoms with van der Waals surface area (Å²) in [6.45, 7) is 8.47. The van der Waals surface area contributed by atoms with Crippen molar-refractivity contribution in [1.29, 1.82) is 0 Å². The van der Waals surface area contributed by atoms with Gasteiger partial charge in [-0.15, -0.1) is 11.8 Å². The van der Waals surface area contributed by atoms with Gasteiger partial charge in [0.05, 0.1) is 12.7 Å². The number of anilines is 1. The lowest BCUT2D eigenvalue weighted by Gasteiger charge is -2.31. The minimum absolute atomic E-state index is 0.0286. The fourth-order valence-electron chi connectivity index (χ4n) is 4.61. The molecular formula is C33H37N3O4S. The molecule has 1 aliphatic carbocycles. The van der Waals surface area contributed by atoms with Crippen LogP contribution in [-0.4, -0.2) is 28.9 Å². The van der Waals surface area contributed by atoms with E-state index in [0.29, 0.717) is 47.0 Å². The molecule has 4 aromatic rings. The summed E-state index contributed by atoms with van der Waals surface area (Å²) in [6.07, 6.45) is 4.11. The Kier molecular flexibility index (Phi) is 8.59. The summed E-state index contributed by atoms with van der Waals surface area (Å²) in [4.78, 5) is 19.5. The fourth-order valence-corrected chi connectivity index (χ4v) is 5.79. The van der Waals surface area contributed by atoms with Crippen molar-refractivity contribution < 1.29 is 19.0 Å². The van der Waals surface area contributed by atoms with Gasteiger partial charge in [0.1, 0.15) is 11.6 Å². The molecule has 1 heterocycles. The van der Waals surface area contributed by atoms with Crippen LogP contribution in [0.15, 0.2) is 77.8 Å². The molecule has 0 saturated heterocycles. The molecule has 3 N–H and O–H groups in total. The zero-order valence-electron chi connectivity index (χ0n) is 24.0. The quantitative estimate of drug-likeness (QED) is 0.192. The fraction of sp³-hybridized carbons (Fsp3) is 0.333. The van der Waals surface area contributed by atoms with E-state index in [4.69, 9.17) is 19.9 Å². The topological polar surface area (TPSA) is 95.7 Å². The van der Waals surface area contributed by atoms with Crippen molar-refractivity contribution in [3.05, 3.63) is 84.1 Å². The number of aromatic nitrogens is 1. The molecule has 1 atom stereocenters. The van der Waals surface area contributed by atoms with Crippen molar-refractivity contribution >= 4 is 34.3 Å². The van der Waals surface area contributed by atoms with Gasteiger partial charge >= 0.3 is 0 Å². The number of thioether (sulfide) groups is 1. The second-order valence-electron chi connectivity index (χ2n) is 10.6. The molecule has 1 unspecified atom stereocenters. The van der Waals surface area contributed by atoms with E-state index in [1.165, 1.54) is 17.7 Å². The first-order valence-corrected chi connectivity index (χ1v) is 14.9.